The quantitative estimate of drug-likeness (QED) is 0.636. The number of aromatic nitrogens is 3. The number of rotatable bonds is 5. The van der Waals surface area contributed by atoms with Crippen LogP contribution in [-0.4, -0.2) is 26.4 Å². The highest BCUT2D eigenvalue weighted by atomic mass is 16.6. The zero-order valence-corrected chi connectivity index (χ0v) is 11.1. The zero-order chi connectivity index (χ0) is 14.5. The molecule has 2 heterocycles. The lowest BCUT2D eigenvalue weighted by Gasteiger charge is -2.08. The second-order valence-corrected chi connectivity index (χ2v) is 4.05. The van der Waals surface area contributed by atoms with Gasteiger partial charge in [-0.2, -0.15) is 0 Å². The Hall–Kier alpha value is -2.77. The summed E-state index contributed by atoms with van der Waals surface area (Å²) >= 11 is 0. The first-order valence-electron chi connectivity index (χ1n) is 6.04. The van der Waals surface area contributed by atoms with E-state index >= 15 is 0 Å². The number of aryl methyl sites for hydroxylation is 1. The highest BCUT2D eigenvalue weighted by Crippen LogP contribution is 2.30. The van der Waals surface area contributed by atoms with Crippen LogP contribution in [0.15, 0.2) is 24.7 Å². The van der Waals surface area contributed by atoms with Crippen LogP contribution in [0.5, 0.6) is 0 Å². The Morgan fingerprint density at radius 3 is 2.60 bits per heavy atom. The second kappa shape index (κ2) is 5.91. The van der Waals surface area contributed by atoms with Crippen molar-refractivity contribution in [2.45, 2.75) is 13.8 Å². The summed E-state index contributed by atoms with van der Waals surface area (Å²) in [4.78, 5) is 22.6. The van der Waals surface area contributed by atoms with Crippen molar-refractivity contribution in [3.63, 3.8) is 0 Å². The van der Waals surface area contributed by atoms with Gasteiger partial charge in [-0.15, -0.1) is 0 Å². The van der Waals surface area contributed by atoms with Crippen molar-refractivity contribution in [1.29, 1.82) is 0 Å². The molecule has 0 aliphatic rings. The van der Waals surface area contributed by atoms with Gasteiger partial charge >= 0.3 is 5.69 Å². The molecule has 0 aliphatic heterocycles. The van der Waals surface area contributed by atoms with Gasteiger partial charge < -0.3 is 10.6 Å². The minimum atomic E-state index is -0.519. The summed E-state index contributed by atoms with van der Waals surface area (Å²) in [5, 5.41) is 16.9. The Morgan fingerprint density at radius 2 is 2.00 bits per heavy atom. The molecule has 0 radical (unpaired) electrons. The standard InChI is InChI=1S/C12H14N6O2/c1-3-13-11-10(18(19)20)12(16-7-15-11)17-9-5-4-8(2)6-14-9/h4-7H,3H2,1-2H3,(H2,13,14,15,16,17). The average Bonchev–Trinajstić information content (AvgIpc) is 2.41. The minimum absolute atomic E-state index is 0.109. The van der Waals surface area contributed by atoms with E-state index in [1.165, 1.54) is 6.33 Å². The van der Waals surface area contributed by atoms with Gasteiger partial charge in [0.1, 0.15) is 12.1 Å². The molecular weight excluding hydrogens is 260 g/mol. The van der Waals surface area contributed by atoms with Gasteiger partial charge in [-0.3, -0.25) is 10.1 Å². The summed E-state index contributed by atoms with van der Waals surface area (Å²) in [6.45, 7) is 4.27. The fourth-order valence-electron chi connectivity index (χ4n) is 1.60. The van der Waals surface area contributed by atoms with Gasteiger partial charge in [-0.05, 0) is 25.5 Å². The number of hydrogen-bond donors (Lipinski definition) is 2. The fourth-order valence-corrected chi connectivity index (χ4v) is 1.60. The first-order valence-corrected chi connectivity index (χ1v) is 6.04. The van der Waals surface area contributed by atoms with Crippen LogP contribution >= 0.6 is 0 Å². The van der Waals surface area contributed by atoms with Gasteiger partial charge in [0.25, 0.3) is 0 Å². The van der Waals surface area contributed by atoms with Crippen LogP contribution in [0.4, 0.5) is 23.1 Å². The molecule has 0 fully saturated rings. The van der Waals surface area contributed by atoms with Crippen molar-refractivity contribution in [2.24, 2.45) is 0 Å². The van der Waals surface area contributed by atoms with Gasteiger partial charge in [0.2, 0.25) is 11.6 Å². The van der Waals surface area contributed by atoms with E-state index in [1.54, 1.807) is 12.3 Å². The van der Waals surface area contributed by atoms with Crippen LogP contribution in [-0.2, 0) is 0 Å². The number of nitro groups is 1. The highest BCUT2D eigenvalue weighted by molar-refractivity contribution is 5.72. The Bertz CT molecular complexity index is 614. The van der Waals surface area contributed by atoms with E-state index in [4.69, 9.17) is 0 Å². The van der Waals surface area contributed by atoms with E-state index in [0.29, 0.717) is 12.4 Å². The van der Waals surface area contributed by atoms with Crippen molar-refractivity contribution in [1.82, 2.24) is 15.0 Å². The Kier molecular flexibility index (Phi) is 4.04. The third kappa shape index (κ3) is 2.97. The van der Waals surface area contributed by atoms with Crippen molar-refractivity contribution in [3.05, 3.63) is 40.3 Å². The molecule has 2 N–H and O–H groups in total. The van der Waals surface area contributed by atoms with Crippen molar-refractivity contribution in [3.8, 4) is 0 Å². The summed E-state index contributed by atoms with van der Waals surface area (Å²) in [5.41, 5.74) is 0.804. The molecule has 0 atom stereocenters. The number of nitrogens with zero attached hydrogens (tertiary/aromatic N) is 4. The molecule has 8 heteroatoms. The van der Waals surface area contributed by atoms with E-state index in [0.717, 1.165) is 5.56 Å². The van der Waals surface area contributed by atoms with Gasteiger partial charge in [-0.1, -0.05) is 6.07 Å². The first kappa shape index (κ1) is 13.7. The molecule has 0 saturated carbocycles. The molecule has 0 amide bonds. The number of hydrogen-bond acceptors (Lipinski definition) is 7. The normalized spacial score (nSPS) is 10.1. The maximum Gasteiger partial charge on any atom is 0.353 e. The van der Waals surface area contributed by atoms with Gasteiger partial charge in [-0.25, -0.2) is 15.0 Å². The van der Waals surface area contributed by atoms with E-state index < -0.39 is 4.92 Å². The minimum Gasteiger partial charge on any atom is -0.364 e. The fraction of sp³-hybridized carbons (Fsp3) is 0.250. The molecule has 2 aromatic rings. The second-order valence-electron chi connectivity index (χ2n) is 4.05. The van der Waals surface area contributed by atoms with Crippen LogP contribution in [0.2, 0.25) is 0 Å². The molecule has 0 bridgehead atoms. The van der Waals surface area contributed by atoms with E-state index in [9.17, 15) is 10.1 Å². The summed E-state index contributed by atoms with van der Waals surface area (Å²) in [7, 11) is 0. The molecule has 8 nitrogen and oxygen atoms in total. The van der Waals surface area contributed by atoms with E-state index in [1.807, 2.05) is 19.9 Å². The monoisotopic (exact) mass is 274 g/mol. The van der Waals surface area contributed by atoms with E-state index in [2.05, 4.69) is 25.6 Å². The van der Waals surface area contributed by atoms with Crippen LogP contribution < -0.4 is 10.6 Å². The van der Waals surface area contributed by atoms with Crippen molar-refractivity contribution < 1.29 is 4.92 Å². The number of nitrogens with one attached hydrogen (secondary N) is 2. The molecular formula is C12H14N6O2. The zero-order valence-electron chi connectivity index (χ0n) is 11.1. The highest BCUT2D eigenvalue weighted by Gasteiger charge is 2.22. The van der Waals surface area contributed by atoms with Crippen LogP contribution in [0, 0.1) is 17.0 Å². The molecule has 0 aromatic carbocycles. The summed E-state index contributed by atoms with van der Waals surface area (Å²) in [5.74, 6) is 0.777. The molecule has 0 unspecified atom stereocenters. The maximum atomic E-state index is 11.2. The summed E-state index contributed by atoms with van der Waals surface area (Å²) in [6.07, 6.45) is 2.93. The molecule has 2 aromatic heterocycles. The summed E-state index contributed by atoms with van der Waals surface area (Å²) in [6, 6.07) is 3.58. The van der Waals surface area contributed by atoms with Crippen LogP contribution in [0.25, 0.3) is 0 Å². The van der Waals surface area contributed by atoms with Crippen LogP contribution in [0.3, 0.4) is 0 Å². The lowest BCUT2D eigenvalue weighted by Crippen LogP contribution is -2.08. The predicted octanol–water partition coefficient (Wildman–Crippen LogP) is 2.26. The van der Waals surface area contributed by atoms with Crippen molar-refractivity contribution in [2.75, 3.05) is 17.2 Å². The SMILES string of the molecule is CCNc1ncnc(Nc2ccc(C)cn2)c1[N+](=O)[O-]. The lowest BCUT2D eigenvalue weighted by atomic mass is 10.3. The average molecular weight is 274 g/mol. The molecule has 2 rings (SSSR count). The summed E-state index contributed by atoms with van der Waals surface area (Å²) < 4.78 is 0. The lowest BCUT2D eigenvalue weighted by molar-refractivity contribution is -0.383. The predicted molar refractivity (Wildman–Crippen MR) is 75.1 cm³/mol. The smallest absolute Gasteiger partial charge is 0.353 e. The first-order chi connectivity index (χ1) is 9.61. The number of anilines is 3. The van der Waals surface area contributed by atoms with Gasteiger partial charge in [0.15, 0.2) is 0 Å². The number of pyridine rings is 1. The Balaban J connectivity index is 2.37. The third-order valence-corrected chi connectivity index (χ3v) is 2.51. The van der Waals surface area contributed by atoms with E-state index in [-0.39, 0.29) is 17.3 Å². The maximum absolute atomic E-state index is 11.2. The largest absolute Gasteiger partial charge is 0.364 e. The third-order valence-electron chi connectivity index (χ3n) is 2.51. The molecule has 20 heavy (non-hydrogen) atoms. The molecule has 104 valence electrons. The molecule has 0 spiro atoms. The van der Waals surface area contributed by atoms with Crippen molar-refractivity contribution >= 4 is 23.1 Å². The molecule has 0 aliphatic carbocycles. The topological polar surface area (TPSA) is 106 Å². The Morgan fingerprint density at radius 1 is 1.25 bits per heavy atom. The Labute approximate surface area is 115 Å². The van der Waals surface area contributed by atoms with Gasteiger partial charge in [0, 0.05) is 12.7 Å². The molecule has 0 saturated heterocycles. The van der Waals surface area contributed by atoms with Crippen LogP contribution in [0.1, 0.15) is 12.5 Å². The van der Waals surface area contributed by atoms with Gasteiger partial charge in [0.05, 0.1) is 4.92 Å².